The van der Waals surface area contributed by atoms with Crippen molar-refractivity contribution in [1.29, 1.82) is 0 Å². The van der Waals surface area contributed by atoms with Gasteiger partial charge in [-0.3, -0.25) is 4.57 Å². The molecule has 3 aromatic heterocycles. The van der Waals surface area contributed by atoms with Crippen molar-refractivity contribution in [2.24, 2.45) is 0 Å². The average molecular weight is 326 g/mol. The molecular weight excluding hydrogens is 318 g/mol. The van der Waals surface area contributed by atoms with E-state index in [0.29, 0.717) is 4.77 Å². The summed E-state index contributed by atoms with van der Waals surface area (Å²) in [4.78, 5) is 8.85. The summed E-state index contributed by atoms with van der Waals surface area (Å²) in [5.74, 6) is 0. The van der Waals surface area contributed by atoms with Crippen LogP contribution in [0, 0.1) is 4.77 Å². The van der Waals surface area contributed by atoms with E-state index in [1.165, 1.54) is 4.88 Å². The highest BCUT2D eigenvalue weighted by Gasteiger charge is 2.07. The molecule has 0 amide bonds. The molecular formula is C11H8BrN3S2. The lowest BCUT2D eigenvalue weighted by atomic mass is 10.4. The van der Waals surface area contributed by atoms with Gasteiger partial charge in [0.1, 0.15) is 0 Å². The van der Waals surface area contributed by atoms with Gasteiger partial charge in [-0.1, -0.05) is 6.07 Å². The first-order valence-corrected chi connectivity index (χ1v) is 7.08. The van der Waals surface area contributed by atoms with Crippen molar-refractivity contribution in [3.8, 4) is 0 Å². The Morgan fingerprint density at radius 2 is 2.41 bits per heavy atom. The zero-order valence-electron chi connectivity index (χ0n) is 8.68. The number of hydrogen-bond donors (Lipinski definition) is 1. The average Bonchev–Trinajstić information content (AvgIpc) is 2.88. The number of hydrogen-bond acceptors (Lipinski definition) is 3. The third-order valence-electron chi connectivity index (χ3n) is 2.47. The van der Waals surface area contributed by atoms with Gasteiger partial charge in [0.05, 0.1) is 12.1 Å². The molecule has 0 atom stereocenters. The van der Waals surface area contributed by atoms with E-state index >= 15 is 0 Å². The lowest BCUT2D eigenvalue weighted by molar-refractivity contribution is 0.813. The first-order valence-electron chi connectivity index (χ1n) is 5.00. The summed E-state index contributed by atoms with van der Waals surface area (Å²) in [6.07, 6.45) is 1.79. The first-order chi connectivity index (χ1) is 8.24. The minimum atomic E-state index is 0.707. The van der Waals surface area contributed by atoms with Gasteiger partial charge < -0.3 is 4.98 Å². The van der Waals surface area contributed by atoms with Crippen LogP contribution in [0.5, 0.6) is 0 Å². The number of pyridine rings is 1. The molecule has 3 rings (SSSR count). The molecule has 0 bridgehead atoms. The fourth-order valence-electron chi connectivity index (χ4n) is 1.72. The monoisotopic (exact) mass is 325 g/mol. The van der Waals surface area contributed by atoms with E-state index in [4.69, 9.17) is 12.2 Å². The summed E-state index contributed by atoms with van der Waals surface area (Å²) < 4.78 is 3.67. The zero-order chi connectivity index (χ0) is 11.8. The molecule has 0 aromatic carbocycles. The van der Waals surface area contributed by atoms with E-state index < -0.39 is 0 Å². The van der Waals surface area contributed by atoms with Crippen molar-refractivity contribution < 1.29 is 0 Å². The van der Waals surface area contributed by atoms with Gasteiger partial charge in [-0.05, 0) is 45.7 Å². The Morgan fingerprint density at radius 1 is 1.53 bits per heavy atom. The van der Waals surface area contributed by atoms with Gasteiger partial charge >= 0.3 is 0 Å². The molecule has 1 N–H and O–H groups in total. The van der Waals surface area contributed by atoms with Gasteiger partial charge in [0.15, 0.2) is 10.4 Å². The number of nitrogens with one attached hydrogen (secondary N) is 1. The standard InChI is InChI=1S/C11H8BrN3S2/c12-7-4-9-10(13-5-7)15(11(16)14-9)6-8-2-1-3-17-8/h1-5H,6H2,(H,14,16). The van der Waals surface area contributed by atoms with Crippen LogP contribution in [0.25, 0.3) is 11.2 Å². The molecule has 0 fully saturated rings. The third kappa shape index (κ3) is 2.08. The Morgan fingerprint density at radius 3 is 3.18 bits per heavy atom. The molecule has 17 heavy (non-hydrogen) atoms. The largest absolute Gasteiger partial charge is 0.329 e. The fourth-order valence-corrected chi connectivity index (χ4v) is 3.01. The highest BCUT2D eigenvalue weighted by Crippen LogP contribution is 2.19. The molecule has 6 heteroatoms. The summed E-state index contributed by atoms with van der Waals surface area (Å²) in [5, 5.41) is 2.07. The lowest BCUT2D eigenvalue weighted by Gasteiger charge is -2.01. The van der Waals surface area contributed by atoms with Gasteiger partial charge in [-0.25, -0.2) is 4.98 Å². The second-order valence-corrected chi connectivity index (χ2v) is 5.95. The molecule has 86 valence electrons. The highest BCUT2D eigenvalue weighted by molar-refractivity contribution is 9.10. The molecule has 3 aromatic rings. The van der Waals surface area contributed by atoms with Crippen molar-refractivity contribution in [2.45, 2.75) is 6.54 Å². The second-order valence-electron chi connectivity index (χ2n) is 3.62. The van der Waals surface area contributed by atoms with Gasteiger partial charge in [0.2, 0.25) is 0 Å². The van der Waals surface area contributed by atoms with Crippen molar-refractivity contribution in [1.82, 2.24) is 14.5 Å². The van der Waals surface area contributed by atoms with Gasteiger partial charge in [-0.2, -0.15) is 0 Å². The van der Waals surface area contributed by atoms with Crippen LogP contribution in [-0.4, -0.2) is 14.5 Å². The Kier molecular flexibility index (Phi) is 2.85. The van der Waals surface area contributed by atoms with Crippen LogP contribution in [0.2, 0.25) is 0 Å². The number of aromatic nitrogens is 3. The van der Waals surface area contributed by atoms with Crippen molar-refractivity contribution in [2.75, 3.05) is 0 Å². The van der Waals surface area contributed by atoms with E-state index in [9.17, 15) is 0 Å². The van der Waals surface area contributed by atoms with Crippen molar-refractivity contribution in [3.63, 3.8) is 0 Å². The van der Waals surface area contributed by atoms with Crippen LogP contribution in [0.4, 0.5) is 0 Å². The smallest absolute Gasteiger partial charge is 0.179 e. The number of aromatic amines is 1. The summed E-state index contributed by atoms with van der Waals surface area (Å²) in [7, 11) is 0. The zero-order valence-corrected chi connectivity index (χ0v) is 11.9. The summed E-state index contributed by atoms with van der Waals surface area (Å²) in [5.41, 5.74) is 1.85. The molecule has 0 aliphatic rings. The van der Waals surface area contributed by atoms with Crippen LogP contribution >= 0.6 is 39.5 Å². The molecule has 3 nitrogen and oxygen atoms in total. The normalized spacial score (nSPS) is 11.1. The number of H-pyrrole nitrogens is 1. The number of imidazole rings is 1. The summed E-state index contributed by atoms with van der Waals surface area (Å²) >= 11 is 10.5. The van der Waals surface area contributed by atoms with Crippen LogP contribution < -0.4 is 0 Å². The maximum atomic E-state index is 5.33. The predicted molar refractivity (Wildman–Crippen MR) is 76.0 cm³/mol. The van der Waals surface area contributed by atoms with E-state index in [1.807, 2.05) is 16.7 Å². The molecule has 0 aliphatic heterocycles. The molecule has 3 heterocycles. The molecule has 0 saturated heterocycles. The number of halogens is 1. The van der Waals surface area contributed by atoms with E-state index in [1.54, 1.807) is 17.5 Å². The SMILES string of the molecule is S=c1[nH]c2cc(Br)cnc2n1Cc1cccs1. The number of thiophene rings is 1. The molecule has 0 unspecified atom stereocenters. The predicted octanol–water partition coefficient (Wildman–Crippen LogP) is 3.97. The van der Waals surface area contributed by atoms with Crippen LogP contribution in [0.3, 0.4) is 0 Å². The number of nitrogens with zero attached hydrogens (tertiary/aromatic N) is 2. The lowest BCUT2D eigenvalue weighted by Crippen LogP contribution is -1.98. The molecule has 0 radical (unpaired) electrons. The highest BCUT2D eigenvalue weighted by atomic mass is 79.9. The Balaban J connectivity index is 2.16. The first kappa shape index (κ1) is 11.1. The summed E-state index contributed by atoms with van der Waals surface area (Å²) in [6, 6.07) is 6.13. The Labute approximate surface area is 115 Å². The maximum absolute atomic E-state index is 5.33. The van der Waals surface area contributed by atoms with Gasteiger partial charge in [-0.15, -0.1) is 11.3 Å². The van der Waals surface area contributed by atoms with Crippen LogP contribution in [0.15, 0.2) is 34.2 Å². The quantitative estimate of drug-likeness (QED) is 0.723. The molecule has 0 saturated carbocycles. The van der Waals surface area contributed by atoms with Crippen molar-refractivity contribution >= 4 is 50.6 Å². The Bertz CT molecular complexity index is 712. The summed E-state index contributed by atoms with van der Waals surface area (Å²) in [6.45, 7) is 0.769. The van der Waals surface area contributed by atoms with Crippen LogP contribution in [0.1, 0.15) is 4.88 Å². The fraction of sp³-hybridized carbons (Fsp3) is 0.0909. The minimum Gasteiger partial charge on any atom is -0.329 e. The van der Waals surface area contributed by atoms with E-state index in [2.05, 4.69) is 37.3 Å². The third-order valence-corrected chi connectivity index (χ3v) is 4.09. The number of rotatable bonds is 2. The second kappa shape index (κ2) is 4.36. The van der Waals surface area contributed by atoms with Crippen LogP contribution in [-0.2, 0) is 6.54 Å². The molecule has 0 spiro atoms. The van der Waals surface area contributed by atoms with Crippen molar-refractivity contribution in [3.05, 3.63) is 43.9 Å². The Hall–Kier alpha value is -0.980. The molecule has 0 aliphatic carbocycles. The van der Waals surface area contributed by atoms with E-state index in [0.717, 1.165) is 22.2 Å². The maximum Gasteiger partial charge on any atom is 0.179 e. The topological polar surface area (TPSA) is 33.6 Å². The van der Waals surface area contributed by atoms with Gasteiger partial charge in [0.25, 0.3) is 0 Å². The van der Waals surface area contributed by atoms with E-state index in [-0.39, 0.29) is 0 Å². The number of fused-ring (bicyclic) bond motifs is 1. The van der Waals surface area contributed by atoms with Gasteiger partial charge in [0, 0.05) is 15.5 Å². The minimum absolute atomic E-state index is 0.707.